The average molecular weight is 238 g/mol. The summed E-state index contributed by atoms with van der Waals surface area (Å²) in [5.74, 6) is 0.653. The van der Waals surface area contributed by atoms with E-state index in [9.17, 15) is 4.79 Å². The fourth-order valence-corrected chi connectivity index (χ4v) is 1.83. The molecule has 0 saturated heterocycles. The fourth-order valence-electron chi connectivity index (χ4n) is 1.83. The van der Waals surface area contributed by atoms with Crippen LogP contribution in [-0.2, 0) is 11.2 Å². The van der Waals surface area contributed by atoms with Crippen molar-refractivity contribution < 1.29 is 14.4 Å². The first-order chi connectivity index (χ1) is 8.06. The summed E-state index contributed by atoms with van der Waals surface area (Å²) in [5, 5.41) is 15.8. The maximum atomic E-state index is 11.7. The smallest absolute Gasteiger partial charge is 0.224 e. The average Bonchev–Trinajstić information content (AvgIpc) is 3.04. The number of nitrogens with one attached hydrogen (secondary N) is 1. The Kier molecular flexibility index (Phi) is 3.19. The minimum Gasteiger partial charge on any atom is -0.396 e. The normalized spacial score (nSPS) is 16.9. The van der Waals surface area contributed by atoms with Gasteiger partial charge in [0.15, 0.2) is 0 Å². The quantitative estimate of drug-likeness (QED) is 0.792. The van der Waals surface area contributed by atoms with Crippen LogP contribution in [0.25, 0.3) is 0 Å². The van der Waals surface area contributed by atoms with E-state index >= 15 is 0 Å². The van der Waals surface area contributed by atoms with Crippen LogP contribution in [0.15, 0.2) is 4.52 Å². The Balaban J connectivity index is 1.85. The van der Waals surface area contributed by atoms with E-state index in [1.807, 2.05) is 6.92 Å². The van der Waals surface area contributed by atoms with Crippen LogP contribution in [0.3, 0.4) is 0 Å². The molecule has 2 N–H and O–H groups in total. The lowest BCUT2D eigenvalue weighted by atomic mass is 10.1. The van der Waals surface area contributed by atoms with Crippen LogP contribution in [-0.4, -0.2) is 29.3 Å². The lowest BCUT2D eigenvalue weighted by Crippen LogP contribution is -2.33. The third-order valence-electron chi connectivity index (χ3n) is 3.47. The highest BCUT2D eigenvalue weighted by Gasteiger charge is 2.42. The number of carbonyl (C=O) groups is 1. The van der Waals surface area contributed by atoms with Gasteiger partial charge in [-0.15, -0.1) is 0 Å². The van der Waals surface area contributed by atoms with Gasteiger partial charge in [0.05, 0.1) is 18.7 Å². The number of aromatic nitrogens is 1. The molecule has 0 radical (unpaired) electrons. The van der Waals surface area contributed by atoms with Gasteiger partial charge in [-0.1, -0.05) is 5.16 Å². The largest absolute Gasteiger partial charge is 0.396 e. The molecule has 1 saturated carbocycles. The molecule has 94 valence electrons. The number of hydrogen-bond donors (Lipinski definition) is 2. The van der Waals surface area contributed by atoms with E-state index in [2.05, 4.69) is 10.5 Å². The Morgan fingerprint density at radius 3 is 2.71 bits per heavy atom. The number of rotatable bonds is 5. The van der Waals surface area contributed by atoms with Crippen molar-refractivity contribution in [3.8, 4) is 0 Å². The van der Waals surface area contributed by atoms with Gasteiger partial charge >= 0.3 is 0 Å². The first-order valence-corrected chi connectivity index (χ1v) is 5.86. The van der Waals surface area contributed by atoms with Crippen molar-refractivity contribution in [2.45, 2.75) is 33.1 Å². The Morgan fingerprint density at radius 1 is 1.53 bits per heavy atom. The van der Waals surface area contributed by atoms with Gasteiger partial charge in [-0.25, -0.2) is 0 Å². The lowest BCUT2D eigenvalue weighted by molar-refractivity contribution is -0.120. The zero-order valence-corrected chi connectivity index (χ0v) is 10.2. The molecule has 0 spiro atoms. The number of nitrogens with zero attached hydrogens (tertiary/aromatic N) is 1. The summed E-state index contributed by atoms with van der Waals surface area (Å²) in [6.07, 6.45) is 2.28. The molecule has 2 rings (SSSR count). The minimum absolute atomic E-state index is 0.0425. The fraction of sp³-hybridized carbons (Fsp3) is 0.667. The standard InChI is InChI=1S/C12H18N2O3/c1-8-10(9(2)17-14-8)5-11(16)13-6-12(7-15)3-4-12/h15H,3-7H2,1-2H3,(H,13,16). The molecular weight excluding hydrogens is 220 g/mol. The van der Waals surface area contributed by atoms with Gasteiger partial charge < -0.3 is 14.9 Å². The second-order valence-electron chi connectivity index (χ2n) is 4.91. The summed E-state index contributed by atoms with van der Waals surface area (Å²) in [5.41, 5.74) is 1.58. The molecule has 0 aromatic carbocycles. The number of aryl methyl sites for hydroxylation is 2. The molecule has 1 aromatic rings. The van der Waals surface area contributed by atoms with Gasteiger partial charge in [-0.05, 0) is 26.7 Å². The van der Waals surface area contributed by atoms with Crippen molar-refractivity contribution in [2.75, 3.05) is 13.2 Å². The number of amides is 1. The summed E-state index contributed by atoms with van der Waals surface area (Å²) in [6, 6.07) is 0. The Morgan fingerprint density at radius 2 is 2.24 bits per heavy atom. The van der Waals surface area contributed by atoms with Gasteiger partial charge in [-0.3, -0.25) is 4.79 Å². The second-order valence-corrected chi connectivity index (χ2v) is 4.91. The van der Waals surface area contributed by atoms with E-state index in [1.165, 1.54) is 0 Å². The second kappa shape index (κ2) is 4.49. The first-order valence-electron chi connectivity index (χ1n) is 5.86. The SMILES string of the molecule is Cc1noc(C)c1CC(=O)NCC1(CO)CC1. The maximum absolute atomic E-state index is 11.7. The molecule has 17 heavy (non-hydrogen) atoms. The van der Waals surface area contributed by atoms with Crippen molar-refractivity contribution in [3.05, 3.63) is 17.0 Å². The molecule has 0 atom stereocenters. The van der Waals surface area contributed by atoms with E-state index < -0.39 is 0 Å². The maximum Gasteiger partial charge on any atom is 0.224 e. The lowest BCUT2D eigenvalue weighted by Gasteiger charge is -2.12. The minimum atomic E-state index is -0.0472. The van der Waals surface area contributed by atoms with E-state index in [0.717, 1.165) is 24.1 Å². The zero-order valence-electron chi connectivity index (χ0n) is 10.2. The molecule has 5 heteroatoms. The van der Waals surface area contributed by atoms with E-state index in [-0.39, 0.29) is 17.9 Å². The summed E-state index contributed by atoms with van der Waals surface area (Å²) >= 11 is 0. The Bertz CT molecular complexity index is 402. The van der Waals surface area contributed by atoms with E-state index in [4.69, 9.17) is 9.63 Å². The monoisotopic (exact) mass is 238 g/mol. The van der Waals surface area contributed by atoms with Gasteiger partial charge in [-0.2, -0.15) is 0 Å². The van der Waals surface area contributed by atoms with Crippen LogP contribution in [0.1, 0.15) is 29.9 Å². The number of hydrogen-bond acceptors (Lipinski definition) is 4. The zero-order chi connectivity index (χ0) is 12.5. The molecule has 1 amide bonds. The van der Waals surface area contributed by atoms with Crippen molar-refractivity contribution in [1.29, 1.82) is 0 Å². The van der Waals surface area contributed by atoms with Gasteiger partial charge in [0.2, 0.25) is 5.91 Å². The van der Waals surface area contributed by atoms with E-state index in [0.29, 0.717) is 18.7 Å². The molecule has 0 bridgehead atoms. The van der Waals surface area contributed by atoms with Crippen LogP contribution in [0.5, 0.6) is 0 Å². The number of aliphatic hydroxyl groups is 1. The third kappa shape index (κ3) is 2.66. The Labute approximate surface area is 100 Å². The number of aliphatic hydroxyl groups excluding tert-OH is 1. The van der Waals surface area contributed by atoms with Crippen molar-refractivity contribution in [2.24, 2.45) is 5.41 Å². The van der Waals surface area contributed by atoms with E-state index in [1.54, 1.807) is 6.92 Å². The summed E-state index contributed by atoms with van der Waals surface area (Å²) in [6.45, 7) is 4.35. The summed E-state index contributed by atoms with van der Waals surface area (Å²) in [4.78, 5) is 11.7. The predicted octanol–water partition coefficient (Wildman–Crippen LogP) is 0.723. The summed E-state index contributed by atoms with van der Waals surface area (Å²) < 4.78 is 5.01. The molecule has 0 unspecified atom stereocenters. The van der Waals surface area contributed by atoms with Crippen molar-refractivity contribution >= 4 is 5.91 Å². The molecule has 1 heterocycles. The van der Waals surface area contributed by atoms with Crippen LogP contribution in [0.4, 0.5) is 0 Å². The van der Waals surface area contributed by atoms with Crippen molar-refractivity contribution in [1.82, 2.24) is 10.5 Å². The highest BCUT2D eigenvalue weighted by atomic mass is 16.5. The highest BCUT2D eigenvalue weighted by molar-refractivity contribution is 5.79. The molecule has 1 aromatic heterocycles. The van der Waals surface area contributed by atoms with Crippen LogP contribution in [0.2, 0.25) is 0 Å². The first kappa shape index (κ1) is 12.1. The van der Waals surface area contributed by atoms with Crippen LogP contribution < -0.4 is 5.32 Å². The molecule has 5 nitrogen and oxygen atoms in total. The topological polar surface area (TPSA) is 75.4 Å². The van der Waals surface area contributed by atoms with Crippen LogP contribution in [0, 0.1) is 19.3 Å². The van der Waals surface area contributed by atoms with Gasteiger partial charge in [0.1, 0.15) is 5.76 Å². The van der Waals surface area contributed by atoms with Crippen LogP contribution >= 0.6 is 0 Å². The third-order valence-corrected chi connectivity index (χ3v) is 3.47. The Hall–Kier alpha value is -1.36. The highest BCUT2D eigenvalue weighted by Crippen LogP contribution is 2.44. The van der Waals surface area contributed by atoms with Crippen molar-refractivity contribution in [3.63, 3.8) is 0 Å². The molecule has 0 aliphatic heterocycles. The number of carbonyl (C=O) groups excluding carboxylic acids is 1. The van der Waals surface area contributed by atoms with Gasteiger partial charge in [0, 0.05) is 17.5 Å². The molecule has 1 fully saturated rings. The summed E-state index contributed by atoms with van der Waals surface area (Å²) in [7, 11) is 0. The molecular formula is C12H18N2O3. The van der Waals surface area contributed by atoms with Gasteiger partial charge in [0.25, 0.3) is 0 Å². The molecule has 1 aliphatic rings. The predicted molar refractivity (Wildman–Crippen MR) is 61.4 cm³/mol. The molecule has 1 aliphatic carbocycles.